The van der Waals surface area contributed by atoms with E-state index in [4.69, 9.17) is 4.74 Å². The number of hydrogen-bond acceptors (Lipinski definition) is 2. The second-order valence-corrected chi connectivity index (χ2v) is 4.22. The topological polar surface area (TPSA) is 21.3 Å². The van der Waals surface area contributed by atoms with Crippen molar-refractivity contribution in [3.05, 3.63) is 34.8 Å². The number of nitrogens with one attached hydrogen (secondary N) is 1. The van der Waals surface area contributed by atoms with Crippen LogP contribution in [0.3, 0.4) is 0 Å². The Hall–Kier alpha value is -0.960. The van der Waals surface area contributed by atoms with E-state index in [0.717, 1.165) is 28.9 Å². The van der Waals surface area contributed by atoms with Crippen molar-refractivity contribution in [1.82, 2.24) is 0 Å². The van der Waals surface area contributed by atoms with E-state index >= 15 is 0 Å². The molecule has 15 heavy (non-hydrogen) atoms. The maximum absolute atomic E-state index is 5.25. The fraction of sp³-hybridized carbons (Fsp3) is 0.333. The summed E-state index contributed by atoms with van der Waals surface area (Å²) in [5, 5.41) is 3.30. The summed E-state index contributed by atoms with van der Waals surface area (Å²) in [6.07, 6.45) is 0.989. The van der Waals surface area contributed by atoms with Gasteiger partial charge in [-0.25, -0.2) is 0 Å². The lowest BCUT2D eigenvalue weighted by molar-refractivity contribution is 0.416. The molecule has 0 amide bonds. The van der Waals surface area contributed by atoms with Crippen molar-refractivity contribution in [2.45, 2.75) is 13.3 Å². The van der Waals surface area contributed by atoms with E-state index < -0.39 is 0 Å². The number of methoxy groups -OCH3 is 1. The van der Waals surface area contributed by atoms with Crippen LogP contribution in [0.1, 0.15) is 13.3 Å². The minimum absolute atomic E-state index is 0.781. The summed E-state index contributed by atoms with van der Waals surface area (Å²) in [5.41, 5.74) is 2.17. The molecule has 2 nitrogen and oxygen atoms in total. The highest BCUT2D eigenvalue weighted by Gasteiger charge is 2.02. The van der Waals surface area contributed by atoms with Gasteiger partial charge in [0.25, 0.3) is 0 Å². The summed E-state index contributed by atoms with van der Waals surface area (Å²) in [7, 11) is 1.67. The SMILES string of the molecule is C=C(CC)CNc1cc(Br)ccc1OC. The largest absolute Gasteiger partial charge is 0.495 e. The molecule has 1 aromatic carbocycles. The van der Waals surface area contributed by atoms with Crippen LogP contribution in [0.2, 0.25) is 0 Å². The first kappa shape index (κ1) is 12.1. The van der Waals surface area contributed by atoms with Gasteiger partial charge in [0.15, 0.2) is 0 Å². The molecule has 0 fully saturated rings. The molecule has 0 radical (unpaired) electrons. The summed E-state index contributed by atoms with van der Waals surface area (Å²) in [6.45, 7) is 6.83. The zero-order chi connectivity index (χ0) is 11.3. The molecule has 0 aliphatic heterocycles. The lowest BCUT2D eigenvalue weighted by Gasteiger charge is -2.12. The van der Waals surface area contributed by atoms with Gasteiger partial charge in [-0.2, -0.15) is 0 Å². The van der Waals surface area contributed by atoms with Crippen molar-refractivity contribution < 1.29 is 4.74 Å². The molecule has 0 aromatic heterocycles. The molecule has 82 valence electrons. The third-order valence-corrected chi connectivity index (χ3v) is 2.68. The van der Waals surface area contributed by atoms with Gasteiger partial charge >= 0.3 is 0 Å². The van der Waals surface area contributed by atoms with E-state index in [2.05, 4.69) is 34.7 Å². The predicted octanol–water partition coefficient (Wildman–Crippen LogP) is 3.84. The number of ether oxygens (including phenoxy) is 1. The Bertz CT molecular complexity index is 349. The van der Waals surface area contributed by atoms with Gasteiger partial charge < -0.3 is 10.1 Å². The average Bonchev–Trinajstić information content (AvgIpc) is 2.26. The molecule has 0 saturated heterocycles. The zero-order valence-corrected chi connectivity index (χ0v) is 10.7. The Morgan fingerprint density at radius 1 is 1.53 bits per heavy atom. The summed E-state index contributed by atoms with van der Waals surface area (Å²) in [5.74, 6) is 0.849. The number of hydrogen-bond donors (Lipinski definition) is 1. The summed E-state index contributed by atoms with van der Waals surface area (Å²) in [4.78, 5) is 0. The molecule has 0 saturated carbocycles. The van der Waals surface area contributed by atoms with Gasteiger partial charge in [-0.15, -0.1) is 0 Å². The highest BCUT2D eigenvalue weighted by atomic mass is 79.9. The maximum atomic E-state index is 5.25. The van der Waals surface area contributed by atoms with Crippen molar-refractivity contribution in [2.75, 3.05) is 19.0 Å². The van der Waals surface area contributed by atoms with E-state index in [9.17, 15) is 0 Å². The standard InChI is InChI=1S/C12H16BrNO/c1-4-9(2)8-14-11-7-10(13)5-6-12(11)15-3/h5-7,14H,2,4,8H2,1,3H3. The molecule has 0 aliphatic carbocycles. The highest BCUT2D eigenvalue weighted by molar-refractivity contribution is 9.10. The Morgan fingerprint density at radius 3 is 2.87 bits per heavy atom. The van der Waals surface area contributed by atoms with E-state index in [0.29, 0.717) is 0 Å². The van der Waals surface area contributed by atoms with Crippen LogP contribution in [0.25, 0.3) is 0 Å². The molecule has 1 rings (SSSR count). The molecule has 3 heteroatoms. The average molecular weight is 270 g/mol. The van der Waals surface area contributed by atoms with E-state index in [1.54, 1.807) is 7.11 Å². The van der Waals surface area contributed by atoms with Gasteiger partial charge in [0.05, 0.1) is 12.8 Å². The lowest BCUT2D eigenvalue weighted by atomic mass is 10.2. The summed E-state index contributed by atoms with van der Waals surface area (Å²) >= 11 is 3.43. The molecule has 0 aliphatic rings. The second kappa shape index (κ2) is 5.81. The Morgan fingerprint density at radius 2 is 2.27 bits per heavy atom. The maximum Gasteiger partial charge on any atom is 0.142 e. The minimum atomic E-state index is 0.781. The molecule has 0 atom stereocenters. The molecular weight excluding hydrogens is 254 g/mol. The molecule has 1 aromatic rings. The Kier molecular flexibility index (Phi) is 4.69. The third kappa shape index (κ3) is 3.59. The second-order valence-electron chi connectivity index (χ2n) is 3.30. The van der Waals surface area contributed by atoms with Gasteiger partial charge in [-0.1, -0.05) is 35.0 Å². The van der Waals surface area contributed by atoms with Crippen molar-refractivity contribution in [3.63, 3.8) is 0 Å². The van der Waals surface area contributed by atoms with E-state index in [-0.39, 0.29) is 0 Å². The van der Waals surface area contributed by atoms with Crippen molar-refractivity contribution in [2.24, 2.45) is 0 Å². The molecule has 1 N–H and O–H groups in total. The quantitative estimate of drug-likeness (QED) is 0.821. The number of halogens is 1. The van der Waals surface area contributed by atoms with Crippen LogP contribution in [-0.2, 0) is 0 Å². The van der Waals surface area contributed by atoms with Crippen molar-refractivity contribution in [1.29, 1.82) is 0 Å². The molecule has 0 spiro atoms. The molecule has 0 unspecified atom stereocenters. The normalized spacial score (nSPS) is 9.80. The lowest BCUT2D eigenvalue weighted by Crippen LogP contribution is -2.04. The smallest absolute Gasteiger partial charge is 0.142 e. The zero-order valence-electron chi connectivity index (χ0n) is 9.14. The number of benzene rings is 1. The van der Waals surface area contributed by atoms with E-state index in [1.807, 2.05) is 18.2 Å². The Balaban J connectivity index is 2.74. The molecule has 0 bridgehead atoms. The number of anilines is 1. The fourth-order valence-corrected chi connectivity index (χ4v) is 1.52. The van der Waals surface area contributed by atoms with Crippen LogP contribution in [0.4, 0.5) is 5.69 Å². The summed E-state index contributed by atoms with van der Waals surface area (Å²) in [6, 6.07) is 5.89. The van der Waals surface area contributed by atoms with Gasteiger partial charge in [-0.3, -0.25) is 0 Å². The van der Waals surface area contributed by atoms with Gasteiger partial charge in [-0.05, 0) is 24.6 Å². The summed E-state index contributed by atoms with van der Waals surface area (Å²) < 4.78 is 6.29. The van der Waals surface area contributed by atoms with Gasteiger partial charge in [0.2, 0.25) is 0 Å². The van der Waals surface area contributed by atoms with Crippen LogP contribution in [-0.4, -0.2) is 13.7 Å². The number of rotatable bonds is 5. The van der Waals surface area contributed by atoms with Crippen molar-refractivity contribution >= 4 is 21.6 Å². The monoisotopic (exact) mass is 269 g/mol. The predicted molar refractivity (Wildman–Crippen MR) is 68.6 cm³/mol. The minimum Gasteiger partial charge on any atom is -0.495 e. The first-order valence-electron chi connectivity index (χ1n) is 4.91. The first-order valence-corrected chi connectivity index (χ1v) is 5.70. The van der Waals surface area contributed by atoms with Crippen LogP contribution in [0, 0.1) is 0 Å². The van der Waals surface area contributed by atoms with Crippen LogP contribution < -0.4 is 10.1 Å². The molecule has 0 heterocycles. The fourth-order valence-electron chi connectivity index (χ4n) is 1.16. The van der Waals surface area contributed by atoms with Crippen LogP contribution in [0.15, 0.2) is 34.8 Å². The molecular formula is C12H16BrNO. The van der Waals surface area contributed by atoms with Crippen molar-refractivity contribution in [3.8, 4) is 5.75 Å². The highest BCUT2D eigenvalue weighted by Crippen LogP contribution is 2.27. The van der Waals surface area contributed by atoms with Gasteiger partial charge in [0, 0.05) is 11.0 Å². The Labute approximate surface area is 99.5 Å². The third-order valence-electron chi connectivity index (χ3n) is 2.19. The van der Waals surface area contributed by atoms with Crippen LogP contribution >= 0.6 is 15.9 Å². The van der Waals surface area contributed by atoms with Gasteiger partial charge in [0.1, 0.15) is 5.75 Å². The first-order chi connectivity index (χ1) is 7.17. The van der Waals surface area contributed by atoms with Crippen LogP contribution in [0.5, 0.6) is 5.75 Å². The van der Waals surface area contributed by atoms with E-state index in [1.165, 1.54) is 5.57 Å².